The molecule has 0 saturated heterocycles. The van der Waals surface area contributed by atoms with Gasteiger partial charge in [-0.05, 0) is 25.7 Å². The molecule has 0 radical (unpaired) electrons. The van der Waals surface area contributed by atoms with Gasteiger partial charge < -0.3 is 4.42 Å². The molecule has 2 atom stereocenters. The minimum atomic E-state index is -3.51. The lowest BCUT2D eigenvalue weighted by molar-refractivity contribution is 0.213. The first-order chi connectivity index (χ1) is 9.37. The third-order valence-corrected chi connectivity index (χ3v) is 6.50. The molecule has 0 spiro atoms. The highest BCUT2D eigenvalue weighted by Gasteiger charge is 2.34. The van der Waals surface area contributed by atoms with Crippen LogP contribution in [0.25, 0.3) is 0 Å². The Kier molecular flexibility index (Phi) is 4.82. The molecule has 1 aromatic heterocycles. The standard InChI is InChI=1S/C14H22ClNO3S/c1-10-6-4-5-7-13(10)16(3)20(17,18)14-8-12(9-15)19-11(14)2/h8,10,13H,4-7,9H2,1-3H3. The summed E-state index contributed by atoms with van der Waals surface area (Å²) in [6.45, 7) is 3.79. The van der Waals surface area contributed by atoms with Gasteiger partial charge in [-0.1, -0.05) is 19.8 Å². The average Bonchev–Trinajstić information content (AvgIpc) is 2.80. The van der Waals surface area contributed by atoms with Crippen molar-refractivity contribution >= 4 is 21.6 Å². The van der Waals surface area contributed by atoms with Crippen LogP contribution in [0.3, 0.4) is 0 Å². The molecule has 0 N–H and O–H groups in total. The second kappa shape index (κ2) is 6.08. The van der Waals surface area contributed by atoms with Crippen LogP contribution in [0.15, 0.2) is 15.4 Å². The molecule has 6 heteroatoms. The molecule has 0 aromatic carbocycles. The van der Waals surface area contributed by atoms with Crippen LogP contribution in [-0.4, -0.2) is 25.8 Å². The Morgan fingerprint density at radius 2 is 2.05 bits per heavy atom. The van der Waals surface area contributed by atoms with E-state index < -0.39 is 10.0 Å². The number of rotatable bonds is 4. The fourth-order valence-corrected chi connectivity index (χ4v) is 4.81. The Morgan fingerprint density at radius 3 is 2.60 bits per heavy atom. The Hall–Kier alpha value is -0.520. The van der Waals surface area contributed by atoms with Crippen molar-refractivity contribution in [3.63, 3.8) is 0 Å². The van der Waals surface area contributed by atoms with Gasteiger partial charge in [0.25, 0.3) is 0 Å². The molecule has 1 fully saturated rings. The van der Waals surface area contributed by atoms with Gasteiger partial charge in [0, 0.05) is 19.2 Å². The maximum absolute atomic E-state index is 12.7. The van der Waals surface area contributed by atoms with Gasteiger partial charge in [0.05, 0.1) is 5.88 Å². The Balaban J connectivity index is 2.31. The SMILES string of the molecule is Cc1oc(CCl)cc1S(=O)(=O)N(C)C1CCCCC1C. The largest absolute Gasteiger partial charge is 0.464 e. The van der Waals surface area contributed by atoms with E-state index in [1.165, 1.54) is 10.7 Å². The number of hydrogen-bond donors (Lipinski definition) is 0. The molecular weight excluding hydrogens is 298 g/mol. The van der Waals surface area contributed by atoms with Crippen LogP contribution in [-0.2, 0) is 15.9 Å². The number of aryl methyl sites for hydroxylation is 1. The minimum absolute atomic E-state index is 0.0718. The highest BCUT2D eigenvalue weighted by Crippen LogP contribution is 2.32. The molecule has 1 saturated carbocycles. The summed E-state index contributed by atoms with van der Waals surface area (Å²) < 4.78 is 32.4. The topological polar surface area (TPSA) is 50.5 Å². The van der Waals surface area contributed by atoms with Gasteiger partial charge in [0.1, 0.15) is 16.4 Å². The van der Waals surface area contributed by atoms with E-state index in [0.29, 0.717) is 17.4 Å². The zero-order valence-corrected chi connectivity index (χ0v) is 13.8. The van der Waals surface area contributed by atoms with Gasteiger partial charge >= 0.3 is 0 Å². The van der Waals surface area contributed by atoms with Crippen LogP contribution < -0.4 is 0 Å². The fourth-order valence-electron chi connectivity index (χ4n) is 3.02. The van der Waals surface area contributed by atoms with Gasteiger partial charge in [-0.15, -0.1) is 11.6 Å². The van der Waals surface area contributed by atoms with Crippen LogP contribution in [0.4, 0.5) is 0 Å². The van der Waals surface area contributed by atoms with Crippen LogP contribution in [0.2, 0.25) is 0 Å². The molecule has 114 valence electrons. The molecule has 1 aliphatic rings. The first-order valence-corrected chi connectivity index (χ1v) is 8.98. The Labute approximate surface area is 126 Å². The summed E-state index contributed by atoms with van der Waals surface area (Å²) in [4.78, 5) is 0.244. The molecule has 0 bridgehead atoms. The summed E-state index contributed by atoms with van der Waals surface area (Å²) in [5.74, 6) is 1.48. The lowest BCUT2D eigenvalue weighted by atomic mass is 9.86. The first-order valence-electron chi connectivity index (χ1n) is 7.01. The zero-order chi connectivity index (χ0) is 14.9. The van der Waals surface area contributed by atoms with Gasteiger partial charge in [0.15, 0.2) is 0 Å². The Morgan fingerprint density at radius 1 is 1.40 bits per heavy atom. The van der Waals surface area contributed by atoms with E-state index in [0.717, 1.165) is 19.3 Å². The lowest BCUT2D eigenvalue weighted by Crippen LogP contribution is -2.42. The summed E-state index contributed by atoms with van der Waals surface area (Å²) in [5, 5.41) is 0. The molecule has 1 aliphatic carbocycles. The van der Waals surface area contributed by atoms with Crippen molar-refractivity contribution in [2.45, 2.75) is 56.3 Å². The monoisotopic (exact) mass is 319 g/mol. The Bertz CT molecular complexity index is 567. The minimum Gasteiger partial charge on any atom is -0.464 e. The number of sulfonamides is 1. The molecule has 20 heavy (non-hydrogen) atoms. The van der Waals surface area contributed by atoms with Crippen LogP contribution in [0.1, 0.15) is 44.1 Å². The predicted molar refractivity (Wildman–Crippen MR) is 79.4 cm³/mol. The van der Waals surface area contributed by atoms with E-state index in [1.54, 1.807) is 20.0 Å². The first kappa shape index (κ1) is 15.9. The maximum Gasteiger partial charge on any atom is 0.246 e. The van der Waals surface area contributed by atoms with Crippen molar-refractivity contribution in [1.82, 2.24) is 4.31 Å². The summed E-state index contributed by atoms with van der Waals surface area (Å²) in [6.07, 6.45) is 4.29. The zero-order valence-electron chi connectivity index (χ0n) is 12.2. The lowest BCUT2D eigenvalue weighted by Gasteiger charge is -2.35. The number of halogens is 1. The van der Waals surface area contributed by atoms with Crippen molar-refractivity contribution in [2.24, 2.45) is 5.92 Å². The van der Waals surface area contributed by atoms with Crippen molar-refractivity contribution in [3.05, 3.63) is 17.6 Å². The van der Waals surface area contributed by atoms with Crippen LogP contribution >= 0.6 is 11.6 Å². The molecule has 2 rings (SSSR count). The number of alkyl halides is 1. The molecule has 4 nitrogen and oxygen atoms in total. The van der Waals surface area contributed by atoms with Crippen LogP contribution in [0, 0.1) is 12.8 Å². The average molecular weight is 320 g/mol. The van der Waals surface area contributed by atoms with Crippen molar-refractivity contribution in [2.75, 3.05) is 7.05 Å². The summed E-state index contributed by atoms with van der Waals surface area (Å²) in [6, 6.07) is 1.62. The number of furan rings is 1. The smallest absolute Gasteiger partial charge is 0.246 e. The maximum atomic E-state index is 12.7. The van der Waals surface area contributed by atoms with E-state index in [9.17, 15) is 8.42 Å². The molecule has 2 unspecified atom stereocenters. The van der Waals surface area contributed by atoms with Gasteiger partial charge in [0.2, 0.25) is 10.0 Å². The highest BCUT2D eigenvalue weighted by atomic mass is 35.5. The normalized spacial score (nSPS) is 24.2. The predicted octanol–water partition coefficient (Wildman–Crippen LogP) is 3.53. The van der Waals surface area contributed by atoms with Crippen molar-refractivity contribution < 1.29 is 12.8 Å². The molecule has 1 aromatic rings. The van der Waals surface area contributed by atoms with Gasteiger partial charge in [-0.2, -0.15) is 4.31 Å². The third-order valence-electron chi connectivity index (χ3n) is 4.25. The summed E-state index contributed by atoms with van der Waals surface area (Å²) >= 11 is 5.71. The quantitative estimate of drug-likeness (QED) is 0.798. The van der Waals surface area contributed by atoms with Crippen molar-refractivity contribution in [1.29, 1.82) is 0 Å². The second-order valence-corrected chi connectivity index (χ2v) is 7.85. The van der Waals surface area contributed by atoms with E-state index in [4.69, 9.17) is 16.0 Å². The summed E-state index contributed by atoms with van der Waals surface area (Å²) in [7, 11) is -1.84. The molecular formula is C14H22ClNO3S. The summed E-state index contributed by atoms with van der Waals surface area (Å²) in [5.41, 5.74) is 0. The molecule has 0 aliphatic heterocycles. The number of nitrogens with zero attached hydrogens (tertiary/aromatic N) is 1. The van der Waals surface area contributed by atoms with E-state index in [1.807, 2.05) is 0 Å². The van der Waals surface area contributed by atoms with Gasteiger partial charge in [-0.3, -0.25) is 0 Å². The van der Waals surface area contributed by atoms with E-state index in [-0.39, 0.29) is 16.8 Å². The highest BCUT2D eigenvalue weighted by molar-refractivity contribution is 7.89. The van der Waals surface area contributed by atoms with E-state index in [2.05, 4.69) is 6.92 Å². The molecule has 0 amide bonds. The fraction of sp³-hybridized carbons (Fsp3) is 0.714. The van der Waals surface area contributed by atoms with Gasteiger partial charge in [-0.25, -0.2) is 8.42 Å². The van der Waals surface area contributed by atoms with E-state index >= 15 is 0 Å². The second-order valence-electron chi connectivity index (χ2n) is 5.62. The molecule has 1 heterocycles. The van der Waals surface area contributed by atoms with Crippen molar-refractivity contribution in [3.8, 4) is 0 Å². The third kappa shape index (κ3) is 2.90. The number of hydrogen-bond acceptors (Lipinski definition) is 3. The van der Waals surface area contributed by atoms with Crippen LogP contribution in [0.5, 0.6) is 0 Å².